The number of aryl methyl sites for hydroxylation is 1. The Morgan fingerprint density at radius 3 is 2.28 bits per heavy atom. The second-order valence-corrected chi connectivity index (χ2v) is 13.5. The number of nitrogens with one attached hydrogen (secondary N) is 1. The molecular weight excluding hydrogens is 583 g/mol. The van der Waals surface area contributed by atoms with E-state index in [0.717, 1.165) is 46.0 Å². The maximum absolute atomic E-state index is 14.2. The monoisotopic (exact) mass is 623 g/mol. The third kappa shape index (κ3) is 8.12. The summed E-state index contributed by atoms with van der Waals surface area (Å²) in [6, 6.07) is 20.4. The molecule has 0 spiro atoms. The topological polar surface area (TPSA) is 96.0 Å². The highest BCUT2D eigenvalue weighted by Gasteiger charge is 2.34. The van der Waals surface area contributed by atoms with Crippen LogP contribution in [-0.2, 0) is 26.2 Å². The zero-order valence-corrected chi connectivity index (χ0v) is 26.9. The number of para-hydroxylation sites is 2. The molecule has 10 heteroatoms. The van der Waals surface area contributed by atoms with Gasteiger partial charge in [0.15, 0.2) is 0 Å². The molecule has 0 aromatic heterocycles. The van der Waals surface area contributed by atoms with Crippen molar-refractivity contribution in [1.29, 1.82) is 0 Å². The number of amides is 2. The van der Waals surface area contributed by atoms with E-state index in [1.807, 2.05) is 44.4 Å². The van der Waals surface area contributed by atoms with Crippen LogP contribution in [0.4, 0.5) is 5.69 Å². The van der Waals surface area contributed by atoms with Gasteiger partial charge in [0.1, 0.15) is 18.3 Å². The lowest BCUT2D eigenvalue weighted by Gasteiger charge is -2.33. The lowest BCUT2D eigenvalue weighted by molar-refractivity contribution is -0.139. The molecule has 0 radical (unpaired) electrons. The van der Waals surface area contributed by atoms with Crippen molar-refractivity contribution in [3.05, 3.63) is 83.9 Å². The Morgan fingerprint density at radius 2 is 1.65 bits per heavy atom. The van der Waals surface area contributed by atoms with Crippen molar-refractivity contribution >= 4 is 39.3 Å². The van der Waals surface area contributed by atoms with Crippen molar-refractivity contribution in [3.8, 4) is 5.75 Å². The van der Waals surface area contributed by atoms with Gasteiger partial charge < -0.3 is 15.0 Å². The lowest BCUT2D eigenvalue weighted by atomic mass is 10.1. The Bertz CT molecular complexity index is 1490. The molecule has 43 heavy (non-hydrogen) atoms. The van der Waals surface area contributed by atoms with E-state index in [0.29, 0.717) is 12.4 Å². The van der Waals surface area contributed by atoms with E-state index < -0.39 is 28.5 Å². The zero-order valence-electron chi connectivity index (χ0n) is 25.3. The number of carbonyl (C=O) groups is 2. The summed E-state index contributed by atoms with van der Waals surface area (Å²) in [4.78, 5) is 30.1. The van der Waals surface area contributed by atoms with E-state index in [1.54, 1.807) is 55.5 Å². The van der Waals surface area contributed by atoms with Gasteiger partial charge in [-0.2, -0.15) is 0 Å². The van der Waals surface area contributed by atoms with Crippen LogP contribution < -0.4 is 14.4 Å². The lowest BCUT2D eigenvalue weighted by Crippen LogP contribution is -2.52. The maximum atomic E-state index is 14.2. The van der Waals surface area contributed by atoms with E-state index in [4.69, 9.17) is 4.74 Å². The first kappa shape index (κ1) is 32.4. The molecule has 1 fully saturated rings. The van der Waals surface area contributed by atoms with Crippen LogP contribution >= 0.6 is 11.8 Å². The van der Waals surface area contributed by atoms with Crippen molar-refractivity contribution in [2.24, 2.45) is 0 Å². The number of sulfonamides is 1. The Morgan fingerprint density at radius 1 is 1.00 bits per heavy atom. The van der Waals surface area contributed by atoms with Crippen LogP contribution in [0.3, 0.4) is 0 Å². The highest BCUT2D eigenvalue weighted by atomic mass is 32.2. The number of hydrogen-bond acceptors (Lipinski definition) is 6. The van der Waals surface area contributed by atoms with Gasteiger partial charge in [-0.05, 0) is 81.8 Å². The van der Waals surface area contributed by atoms with E-state index in [2.05, 4.69) is 5.32 Å². The average molecular weight is 624 g/mol. The van der Waals surface area contributed by atoms with Gasteiger partial charge in [0.05, 0.1) is 17.2 Å². The molecule has 0 bridgehead atoms. The second kappa shape index (κ2) is 14.8. The maximum Gasteiger partial charge on any atom is 0.264 e. The second-order valence-electron chi connectivity index (χ2n) is 10.8. The molecule has 1 atom stereocenters. The third-order valence-electron chi connectivity index (χ3n) is 7.70. The molecule has 1 aliphatic rings. The van der Waals surface area contributed by atoms with E-state index in [-0.39, 0.29) is 29.1 Å². The van der Waals surface area contributed by atoms with Gasteiger partial charge in [-0.3, -0.25) is 13.9 Å². The van der Waals surface area contributed by atoms with Gasteiger partial charge in [-0.15, -0.1) is 11.8 Å². The van der Waals surface area contributed by atoms with Gasteiger partial charge in [0.2, 0.25) is 11.8 Å². The number of benzene rings is 3. The minimum absolute atomic E-state index is 0.0570. The molecule has 4 rings (SSSR count). The number of nitrogens with zero attached hydrogens (tertiary/aromatic N) is 2. The fourth-order valence-electron chi connectivity index (χ4n) is 5.19. The quantitative estimate of drug-likeness (QED) is 0.242. The fourth-order valence-corrected chi connectivity index (χ4v) is 7.03. The molecular formula is C33H41N3O5S2. The Kier molecular flexibility index (Phi) is 11.2. The van der Waals surface area contributed by atoms with Crippen LogP contribution in [0, 0.1) is 6.92 Å². The molecule has 230 valence electrons. The normalized spacial score (nSPS) is 14.2. The van der Waals surface area contributed by atoms with E-state index in [1.165, 1.54) is 16.7 Å². The summed E-state index contributed by atoms with van der Waals surface area (Å²) in [6.07, 6.45) is 5.88. The summed E-state index contributed by atoms with van der Waals surface area (Å²) in [7, 11) is -4.20. The molecule has 8 nitrogen and oxygen atoms in total. The molecule has 0 saturated heterocycles. The third-order valence-corrected chi connectivity index (χ3v) is 10.2. The minimum atomic E-state index is -4.20. The van der Waals surface area contributed by atoms with Crippen molar-refractivity contribution in [2.45, 2.75) is 74.9 Å². The first-order chi connectivity index (χ1) is 20.6. The molecule has 0 unspecified atom stereocenters. The fraction of sp³-hybridized carbons (Fsp3) is 0.394. The molecule has 1 saturated carbocycles. The molecule has 3 aromatic rings. The van der Waals surface area contributed by atoms with Crippen molar-refractivity contribution in [2.75, 3.05) is 23.7 Å². The van der Waals surface area contributed by atoms with Crippen LogP contribution in [0.1, 0.15) is 50.7 Å². The number of anilines is 1. The molecule has 0 aliphatic heterocycles. The van der Waals surface area contributed by atoms with Gasteiger partial charge in [-0.25, -0.2) is 8.42 Å². The molecule has 3 aromatic carbocycles. The first-order valence-electron chi connectivity index (χ1n) is 14.7. The number of carbonyl (C=O) groups excluding carboxylic acids is 2. The molecule has 1 aliphatic carbocycles. The smallest absolute Gasteiger partial charge is 0.264 e. The zero-order chi connectivity index (χ0) is 31.0. The number of rotatable bonds is 13. The number of hydrogen-bond donors (Lipinski definition) is 1. The van der Waals surface area contributed by atoms with Crippen LogP contribution in [-0.4, -0.2) is 56.6 Å². The standard InChI is InChI=1S/C33H41N3O5S2/c1-5-41-31-13-9-8-12-30(31)36(43(39,40)29-20-18-28(42-4)19-21-29)23-32(37)35(22-26-16-14-24(2)15-17-26)25(3)33(38)34-27-10-6-7-11-27/h8-9,12-21,25,27H,5-7,10-11,22-23H2,1-4H3,(H,34,38)/t25-/m1/s1. The van der Waals surface area contributed by atoms with Gasteiger partial charge in [0.25, 0.3) is 10.0 Å². The molecule has 1 N–H and O–H groups in total. The predicted octanol–water partition coefficient (Wildman–Crippen LogP) is 5.79. The summed E-state index contributed by atoms with van der Waals surface area (Å²) in [5.74, 6) is -0.395. The van der Waals surface area contributed by atoms with Crippen molar-refractivity contribution in [3.63, 3.8) is 0 Å². The van der Waals surface area contributed by atoms with Crippen molar-refractivity contribution < 1.29 is 22.7 Å². The summed E-state index contributed by atoms with van der Waals surface area (Å²) in [5, 5.41) is 3.10. The van der Waals surface area contributed by atoms with Crippen molar-refractivity contribution in [1.82, 2.24) is 10.2 Å². The average Bonchev–Trinajstić information content (AvgIpc) is 3.52. The van der Waals surface area contributed by atoms with Crippen LogP contribution in [0.25, 0.3) is 0 Å². The Labute approximate surface area is 259 Å². The highest BCUT2D eigenvalue weighted by molar-refractivity contribution is 7.98. The van der Waals surface area contributed by atoms with Gasteiger partial charge in [-0.1, -0.05) is 54.8 Å². The molecule has 0 heterocycles. The summed E-state index contributed by atoms with van der Waals surface area (Å²) in [6.45, 7) is 5.46. The first-order valence-corrected chi connectivity index (χ1v) is 17.3. The Hall–Kier alpha value is -3.50. The Balaban J connectivity index is 1.72. The summed E-state index contributed by atoms with van der Waals surface area (Å²) in [5.41, 5.74) is 2.17. The van der Waals surface area contributed by atoms with Crippen LogP contribution in [0.5, 0.6) is 5.75 Å². The SMILES string of the molecule is CCOc1ccccc1N(CC(=O)N(Cc1ccc(C)cc1)[C@H](C)C(=O)NC1CCCC1)S(=O)(=O)c1ccc(SC)cc1. The van der Waals surface area contributed by atoms with E-state index in [9.17, 15) is 18.0 Å². The number of ether oxygens (including phenoxy) is 1. The highest BCUT2D eigenvalue weighted by Crippen LogP contribution is 2.33. The predicted molar refractivity (Wildman–Crippen MR) is 172 cm³/mol. The van der Waals surface area contributed by atoms with Crippen LogP contribution in [0.15, 0.2) is 82.6 Å². The summed E-state index contributed by atoms with van der Waals surface area (Å²) >= 11 is 1.51. The minimum Gasteiger partial charge on any atom is -0.492 e. The number of thioether (sulfide) groups is 1. The van der Waals surface area contributed by atoms with E-state index >= 15 is 0 Å². The van der Waals surface area contributed by atoms with Gasteiger partial charge >= 0.3 is 0 Å². The largest absolute Gasteiger partial charge is 0.492 e. The summed E-state index contributed by atoms with van der Waals surface area (Å²) < 4.78 is 35.3. The molecule has 2 amide bonds. The van der Waals surface area contributed by atoms with Gasteiger partial charge in [0, 0.05) is 17.5 Å². The van der Waals surface area contributed by atoms with Crippen LogP contribution in [0.2, 0.25) is 0 Å².